The fraction of sp³-hybridized carbons (Fsp3) is 0.458. The lowest BCUT2D eigenvalue weighted by Crippen LogP contribution is -2.35. The average molecular weight is 459 g/mol. The lowest BCUT2D eigenvalue weighted by Gasteiger charge is -2.25. The second-order valence-electron chi connectivity index (χ2n) is 8.11. The van der Waals surface area contributed by atoms with E-state index < -0.39 is 24.5 Å². The highest BCUT2D eigenvalue weighted by Crippen LogP contribution is 2.34. The summed E-state index contributed by atoms with van der Waals surface area (Å²) in [5, 5.41) is 2.92. The zero-order chi connectivity index (χ0) is 24.1. The maximum Gasteiger partial charge on any atom is 0.355 e. The molecule has 1 aromatic heterocycles. The van der Waals surface area contributed by atoms with E-state index in [2.05, 4.69) is 10.3 Å². The molecule has 0 bridgehead atoms. The van der Waals surface area contributed by atoms with Crippen LogP contribution < -0.4 is 14.8 Å². The van der Waals surface area contributed by atoms with Gasteiger partial charge in [0, 0.05) is 5.69 Å². The van der Waals surface area contributed by atoms with E-state index in [0.29, 0.717) is 41.5 Å². The van der Waals surface area contributed by atoms with Gasteiger partial charge < -0.3 is 29.2 Å². The van der Waals surface area contributed by atoms with Crippen molar-refractivity contribution in [3.8, 4) is 11.5 Å². The highest BCUT2D eigenvalue weighted by atomic mass is 16.6. The van der Waals surface area contributed by atoms with Crippen LogP contribution in [0.2, 0.25) is 0 Å². The normalized spacial score (nSPS) is 13.4. The number of esters is 2. The number of hydrogen-bond donors (Lipinski definition) is 2. The lowest BCUT2D eigenvalue weighted by molar-refractivity contribution is -0.125. The second-order valence-corrected chi connectivity index (χ2v) is 8.11. The number of amides is 1. The van der Waals surface area contributed by atoms with Crippen LogP contribution in [-0.4, -0.2) is 49.3 Å². The first-order valence-electron chi connectivity index (χ1n) is 10.9. The number of aryl methyl sites for hydroxylation is 1. The molecule has 1 amide bonds. The van der Waals surface area contributed by atoms with Gasteiger partial charge in [-0.15, -0.1) is 0 Å². The molecule has 0 saturated heterocycles. The van der Waals surface area contributed by atoms with Gasteiger partial charge in [0.15, 0.2) is 18.1 Å². The van der Waals surface area contributed by atoms with Crippen LogP contribution in [0.4, 0.5) is 0 Å². The number of nitrogens with one attached hydrogen (secondary N) is 2. The lowest BCUT2D eigenvalue weighted by atomic mass is 9.95. The summed E-state index contributed by atoms with van der Waals surface area (Å²) >= 11 is 0. The Bertz CT molecular complexity index is 1040. The van der Waals surface area contributed by atoms with E-state index in [0.717, 1.165) is 5.56 Å². The Morgan fingerprint density at radius 3 is 2.42 bits per heavy atom. The minimum Gasteiger partial charge on any atom is -0.486 e. The number of H-pyrrole nitrogens is 1. The van der Waals surface area contributed by atoms with Gasteiger partial charge >= 0.3 is 11.9 Å². The van der Waals surface area contributed by atoms with Gasteiger partial charge in [0.25, 0.3) is 5.91 Å². The number of rotatable bonds is 8. The van der Waals surface area contributed by atoms with Crippen molar-refractivity contribution in [3.63, 3.8) is 0 Å². The Morgan fingerprint density at radius 2 is 1.76 bits per heavy atom. The molecule has 33 heavy (non-hydrogen) atoms. The van der Waals surface area contributed by atoms with Crippen LogP contribution in [0.3, 0.4) is 0 Å². The summed E-state index contributed by atoms with van der Waals surface area (Å²) in [7, 11) is 0. The molecule has 9 nitrogen and oxygen atoms in total. The smallest absolute Gasteiger partial charge is 0.355 e. The maximum atomic E-state index is 12.6. The fourth-order valence-electron chi connectivity index (χ4n) is 3.77. The van der Waals surface area contributed by atoms with Gasteiger partial charge in [-0.1, -0.05) is 19.9 Å². The van der Waals surface area contributed by atoms with Crippen LogP contribution in [0.1, 0.15) is 64.5 Å². The Morgan fingerprint density at radius 1 is 1.06 bits per heavy atom. The summed E-state index contributed by atoms with van der Waals surface area (Å²) in [5.74, 6) is -0.288. The molecule has 2 heterocycles. The topological polar surface area (TPSA) is 116 Å². The quantitative estimate of drug-likeness (QED) is 0.583. The summed E-state index contributed by atoms with van der Waals surface area (Å²) < 4.78 is 21.4. The summed E-state index contributed by atoms with van der Waals surface area (Å²) in [5.41, 5.74) is 2.21. The predicted molar refractivity (Wildman–Crippen MR) is 120 cm³/mol. The molecule has 0 fully saturated rings. The van der Waals surface area contributed by atoms with Crippen molar-refractivity contribution < 1.29 is 33.3 Å². The molecule has 1 aliphatic rings. The van der Waals surface area contributed by atoms with Crippen LogP contribution in [0.5, 0.6) is 11.5 Å². The Labute approximate surface area is 192 Å². The van der Waals surface area contributed by atoms with Gasteiger partial charge in [-0.2, -0.15) is 0 Å². The molecule has 1 aliphatic heterocycles. The number of carbonyl (C=O) groups excluding carboxylic acids is 3. The Kier molecular flexibility index (Phi) is 7.63. The standard InChI is InChI=1S/C24H30N2O7/c1-6-30-23(28)20-14(4)22(25-15(20)5)24(29)33-12-19(27)26-21(13(2)3)16-7-8-17-18(11-16)32-10-9-31-17/h7-8,11,13,21,25H,6,9-10,12H2,1-5H3,(H,26,27)/t21-/m1/s1. The van der Waals surface area contributed by atoms with E-state index in [4.69, 9.17) is 18.9 Å². The third-order valence-corrected chi connectivity index (χ3v) is 5.36. The third kappa shape index (κ3) is 5.47. The van der Waals surface area contributed by atoms with E-state index in [1.807, 2.05) is 32.0 Å². The molecule has 1 aromatic carbocycles. The van der Waals surface area contributed by atoms with Crippen molar-refractivity contribution in [1.82, 2.24) is 10.3 Å². The van der Waals surface area contributed by atoms with E-state index in [-0.39, 0.29) is 24.3 Å². The van der Waals surface area contributed by atoms with Crippen molar-refractivity contribution in [1.29, 1.82) is 0 Å². The van der Waals surface area contributed by atoms with Crippen molar-refractivity contribution in [2.75, 3.05) is 26.4 Å². The van der Waals surface area contributed by atoms with E-state index in [1.54, 1.807) is 20.8 Å². The van der Waals surface area contributed by atoms with E-state index in [9.17, 15) is 14.4 Å². The van der Waals surface area contributed by atoms with E-state index in [1.165, 1.54) is 0 Å². The largest absolute Gasteiger partial charge is 0.486 e. The molecule has 0 spiro atoms. The van der Waals surface area contributed by atoms with Gasteiger partial charge in [-0.3, -0.25) is 4.79 Å². The molecule has 9 heteroatoms. The molecule has 2 N–H and O–H groups in total. The summed E-state index contributed by atoms with van der Waals surface area (Å²) in [6.45, 7) is 9.71. The van der Waals surface area contributed by atoms with Crippen LogP contribution in [0.25, 0.3) is 0 Å². The van der Waals surface area contributed by atoms with Crippen LogP contribution in [0.15, 0.2) is 18.2 Å². The second kappa shape index (κ2) is 10.4. The number of hydrogen-bond acceptors (Lipinski definition) is 7. The number of fused-ring (bicyclic) bond motifs is 1. The van der Waals surface area contributed by atoms with Crippen molar-refractivity contribution >= 4 is 17.8 Å². The highest BCUT2D eigenvalue weighted by Gasteiger charge is 2.25. The predicted octanol–water partition coefficient (Wildman–Crippen LogP) is 3.25. The molecule has 3 rings (SSSR count). The molecule has 2 aromatic rings. The molecule has 0 radical (unpaired) electrons. The number of aromatic amines is 1. The first kappa shape index (κ1) is 24.2. The third-order valence-electron chi connectivity index (χ3n) is 5.36. The molecule has 178 valence electrons. The average Bonchev–Trinajstić information content (AvgIpc) is 3.09. The van der Waals surface area contributed by atoms with Gasteiger partial charge in [0.1, 0.15) is 18.9 Å². The van der Waals surface area contributed by atoms with Crippen molar-refractivity contribution in [2.45, 2.75) is 40.7 Å². The summed E-state index contributed by atoms with van der Waals surface area (Å²) in [6.07, 6.45) is 0. The monoisotopic (exact) mass is 458 g/mol. The SMILES string of the molecule is CCOC(=O)c1c(C)[nH]c(C(=O)OCC(=O)N[C@@H](c2ccc3c(c2)OCCO3)C(C)C)c1C. The van der Waals surface area contributed by atoms with Gasteiger partial charge in [0.05, 0.1) is 18.2 Å². The van der Waals surface area contributed by atoms with Gasteiger partial charge in [-0.25, -0.2) is 9.59 Å². The number of carbonyl (C=O) groups is 3. The Hall–Kier alpha value is -3.49. The molecule has 1 atom stereocenters. The summed E-state index contributed by atoms with van der Waals surface area (Å²) in [6, 6.07) is 5.25. The maximum absolute atomic E-state index is 12.6. The van der Waals surface area contributed by atoms with E-state index >= 15 is 0 Å². The summed E-state index contributed by atoms with van der Waals surface area (Å²) in [4.78, 5) is 40.1. The van der Waals surface area contributed by atoms with Gasteiger partial charge in [0.2, 0.25) is 0 Å². The first-order chi connectivity index (χ1) is 15.7. The van der Waals surface area contributed by atoms with Crippen LogP contribution in [-0.2, 0) is 14.3 Å². The zero-order valence-corrected chi connectivity index (χ0v) is 19.6. The van der Waals surface area contributed by atoms with Crippen molar-refractivity contribution in [3.05, 3.63) is 46.3 Å². The molecule has 0 aliphatic carbocycles. The molecule has 0 unspecified atom stereocenters. The fourth-order valence-corrected chi connectivity index (χ4v) is 3.77. The first-order valence-corrected chi connectivity index (χ1v) is 10.9. The highest BCUT2D eigenvalue weighted by molar-refractivity contribution is 5.99. The van der Waals surface area contributed by atoms with Crippen LogP contribution >= 0.6 is 0 Å². The molecule has 0 saturated carbocycles. The number of ether oxygens (including phenoxy) is 4. The number of aromatic nitrogens is 1. The Balaban J connectivity index is 1.65. The minimum absolute atomic E-state index is 0.0765. The van der Waals surface area contributed by atoms with Crippen LogP contribution in [0, 0.1) is 19.8 Å². The number of benzene rings is 1. The minimum atomic E-state index is -0.721. The molecular weight excluding hydrogens is 428 g/mol. The molecular formula is C24H30N2O7. The van der Waals surface area contributed by atoms with Gasteiger partial charge in [-0.05, 0) is 49.9 Å². The van der Waals surface area contributed by atoms with Crippen molar-refractivity contribution in [2.24, 2.45) is 5.92 Å². The zero-order valence-electron chi connectivity index (χ0n) is 19.6.